The van der Waals surface area contributed by atoms with Gasteiger partial charge in [-0.2, -0.15) is 0 Å². The van der Waals surface area contributed by atoms with Gasteiger partial charge in [-0.05, 0) is 24.3 Å². The fourth-order valence-electron chi connectivity index (χ4n) is 2.70. The number of amides is 1. The summed E-state index contributed by atoms with van der Waals surface area (Å²) in [5, 5.41) is 0.359. The van der Waals surface area contributed by atoms with Gasteiger partial charge in [-0.3, -0.25) is 9.20 Å². The quantitative estimate of drug-likeness (QED) is 0.660. The van der Waals surface area contributed by atoms with Crippen LogP contribution in [0.3, 0.4) is 0 Å². The zero-order valence-electron chi connectivity index (χ0n) is 12.5. The van der Waals surface area contributed by atoms with Gasteiger partial charge in [-0.25, -0.2) is 9.78 Å². The topological polar surface area (TPSA) is 78.1 Å². The Bertz CT molecular complexity index is 990. The van der Waals surface area contributed by atoms with Crippen molar-refractivity contribution in [2.75, 3.05) is 26.3 Å². The third-order valence-corrected chi connectivity index (χ3v) is 4.17. The molecule has 0 aliphatic carbocycles. The van der Waals surface area contributed by atoms with Crippen LogP contribution in [0.25, 0.3) is 16.7 Å². The molecular weight excluding hydrogens is 336 g/mol. The molecule has 1 aliphatic heterocycles. The molecule has 0 spiro atoms. The first-order valence-electron chi connectivity index (χ1n) is 7.38. The molecule has 1 saturated heterocycles. The second-order valence-corrected chi connectivity index (χ2v) is 5.67. The molecule has 0 radical (unpaired) electrons. The molecule has 4 rings (SSSR count). The molecule has 3 aromatic rings. The molecule has 124 valence electrons. The van der Waals surface area contributed by atoms with Crippen LogP contribution in [0.2, 0.25) is 5.15 Å². The molecule has 3 aromatic heterocycles. The first-order chi connectivity index (χ1) is 11.7. The third kappa shape index (κ3) is 2.31. The van der Waals surface area contributed by atoms with E-state index in [1.54, 1.807) is 30.5 Å². The zero-order valence-corrected chi connectivity index (χ0v) is 13.3. The lowest BCUT2D eigenvalue weighted by Crippen LogP contribution is -2.46. The molecule has 9 heteroatoms. The molecular formula is C15H13ClN4O4. The first kappa shape index (κ1) is 15.0. The summed E-state index contributed by atoms with van der Waals surface area (Å²) in [6.07, 6.45) is 0.976. The van der Waals surface area contributed by atoms with Crippen LogP contribution < -0.4 is 10.4 Å². The maximum absolute atomic E-state index is 12.7. The molecule has 0 unspecified atom stereocenters. The summed E-state index contributed by atoms with van der Waals surface area (Å²) < 4.78 is 7.70. The molecule has 4 heterocycles. The van der Waals surface area contributed by atoms with Crippen molar-refractivity contribution in [3.05, 3.63) is 46.0 Å². The Kier molecular flexibility index (Phi) is 3.62. The van der Waals surface area contributed by atoms with Gasteiger partial charge in [0.05, 0.1) is 13.2 Å². The van der Waals surface area contributed by atoms with Gasteiger partial charge in [-0.1, -0.05) is 11.6 Å². The molecule has 1 amide bonds. The number of carbonyl (C=O) groups excluding carboxylic acids is 1. The maximum atomic E-state index is 12.7. The number of pyridine rings is 1. The van der Waals surface area contributed by atoms with Gasteiger partial charge in [0.2, 0.25) is 0 Å². The second kappa shape index (κ2) is 5.81. The predicted molar refractivity (Wildman–Crippen MR) is 86.3 cm³/mol. The van der Waals surface area contributed by atoms with Crippen molar-refractivity contribution in [2.24, 2.45) is 0 Å². The van der Waals surface area contributed by atoms with Gasteiger partial charge in [0.25, 0.3) is 0 Å². The summed E-state index contributed by atoms with van der Waals surface area (Å²) >= 11 is 6.15. The Morgan fingerprint density at radius 3 is 2.79 bits per heavy atom. The highest BCUT2D eigenvalue weighted by Gasteiger charge is 2.22. The maximum Gasteiger partial charge on any atom is 0.434 e. The fraction of sp³-hybridized carbons (Fsp3) is 0.267. The molecule has 1 aliphatic rings. The van der Waals surface area contributed by atoms with Crippen LogP contribution in [0.4, 0.5) is 4.79 Å². The lowest BCUT2D eigenvalue weighted by atomic mass is 10.4. The van der Waals surface area contributed by atoms with Crippen LogP contribution in [0.15, 0.2) is 35.3 Å². The summed E-state index contributed by atoms with van der Waals surface area (Å²) in [6, 6.07) is 6.47. The van der Waals surface area contributed by atoms with Crippen LogP contribution in [0, 0.1) is 0 Å². The van der Waals surface area contributed by atoms with E-state index >= 15 is 0 Å². The second-order valence-electron chi connectivity index (χ2n) is 5.28. The Balaban J connectivity index is 1.86. The first-order valence-corrected chi connectivity index (χ1v) is 7.76. The lowest BCUT2D eigenvalue weighted by Gasteiger charge is -2.26. The number of ether oxygens (including phenoxy) is 1. The smallest absolute Gasteiger partial charge is 0.378 e. The summed E-state index contributed by atoms with van der Waals surface area (Å²) in [6.45, 7) is 1.73. The Morgan fingerprint density at radius 2 is 2.00 bits per heavy atom. The van der Waals surface area contributed by atoms with E-state index in [0.717, 1.165) is 4.73 Å². The van der Waals surface area contributed by atoms with Gasteiger partial charge in [0.15, 0.2) is 5.65 Å². The van der Waals surface area contributed by atoms with Crippen molar-refractivity contribution in [3.63, 3.8) is 0 Å². The number of nitrogens with zero attached hydrogens (tertiary/aromatic N) is 4. The van der Waals surface area contributed by atoms with Gasteiger partial charge >= 0.3 is 11.7 Å². The van der Waals surface area contributed by atoms with Crippen LogP contribution in [-0.4, -0.2) is 51.4 Å². The summed E-state index contributed by atoms with van der Waals surface area (Å²) in [5.41, 5.74) is 0.580. The average molecular weight is 349 g/mol. The number of hydrogen-bond donors (Lipinski definition) is 0. The minimum atomic E-state index is -0.604. The highest BCUT2D eigenvalue weighted by atomic mass is 35.5. The molecule has 0 N–H and O–H groups in total. The number of carbonyl (C=O) groups is 1. The predicted octanol–water partition coefficient (Wildman–Crippen LogP) is 1.18. The lowest BCUT2D eigenvalue weighted by molar-refractivity contribution is 0.0248. The highest BCUT2D eigenvalue weighted by molar-refractivity contribution is 6.30. The Morgan fingerprint density at radius 1 is 1.21 bits per heavy atom. The minimum Gasteiger partial charge on any atom is -0.378 e. The average Bonchev–Trinajstić information content (AvgIpc) is 3.01. The van der Waals surface area contributed by atoms with E-state index in [4.69, 9.17) is 21.2 Å². The Hall–Kier alpha value is -2.58. The number of fused-ring (bicyclic) bond motifs is 3. The van der Waals surface area contributed by atoms with Crippen molar-refractivity contribution in [2.45, 2.75) is 0 Å². The van der Waals surface area contributed by atoms with E-state index in [2.05, 4.69) is 4.98 Å². The minimum absolute atomic E-state index is 0.279. The number of rotatable bonds is 1. The largest absolute Gasteiger partial charge is 0.434 e. The molecule has 24 heavy (non-hydrogen) atoms. The Labute approximate surface area is 140 Å². The normalized spacial score (nSPS) is 15.1. The van der Waals surface area contributed by atoms with Crippen LogP contribution in [0.1, 0.15) is 0 Å². The van der Waals surface area contributed by atoms with Gasteiger partial charge in [-0.15, -0.1) is 4.73 Å². The molecule has 1 fully saturated rings. The van der Waals surface area contributed by atoms with Crippen molar-refractivity contribution in [1.82, 2.24) is 19.0 Å². The summed E-state index contributed by atoms with van der Waals surface area (Å²) in [7, 11) is 0. The fourth-order valence-corrected chi connectivity index (χ4v) is 2.93. The molecule has 0 saturated carbocycles. The zero-order chi connectivity index (χ0) is 16.7. The number of aromatic nitrogens is 3. The SMILES string of the molecule is O=C(On1c(=O)c2ccc(Cl)n2c2ncccc21)N1CCOCC1. The molecule has 0 bridgehead atoms. The van der Waals surface area contributed by atoms with E-state index in [1.165, 1.54) is 9.30 Å². The van der Waals surface area contributed by atoms with Crippen molar-refractivity contribution >= 4 is 34.4 Å². The van der Waals surface area contributed by atoms with Crippen LogP contribution in [0.5, 0.6) is 0 Å². The molecule has 0 atom stereocenters. The molecule has 8 nitrogen and oxygen atoms in total. The van der Waals surface area contributed by atoms with Gasteiger partial charge in [0.1, 0.15) is 16.2 Å². The number of morpholine rings is 1. The van der Waals surface area contributed by atoms with Gasteiger partial charge in [0, 0.05) is 19.3 Å². The van der Waals surface area contributed by atoms with Gasteiger partial charge < -0.3 is 14.5 Å². The molecule has 0 aromatic carbocycles. The highest BCUT2D eigenvalue weighted by Crippen LogP contribution is 2.18. The summed E-state index contributed by atoms with van der Waals surface area (Å²) in [4.78, 5) is 36.2. The van der Waals surface area contributed by atoms with E-state index < -0.39 is 11.7 Å². The van der Waals surface area contributed by atoms with Crippen molar-refractivity contribution in [1.29, 1.82) is 0 Å². The van der Waals surface area contributed by atoms with E-state index in [1.807, 2.05) is 0 Å². The standard InChI is InChI=1S/C15H13ClN4O4/c16-12-4-3-11-14(21)20(10-2-1-5-17-13(10)19(11)12)24-15(22)18-6-8-23-9-7-18/h1-5H,6-9H2. The third-order valence-electron chi connectivity index (χ3n) is 3.87. The number of hydrogen-bond acceptors (Lipinski definition) is 5. The van der Waals surface area contributed by atoms with E-state index in [0.29, 0.717) is 42.6 Å². The summed E-state index contributed by atoms with van der Waals surface area (Å²) in [5.74, 6) is 0. The van der Waals surface area contributed by atoms with E-state index in [-0.39, 0.29) is 5.52 Å². The number of halogens is 1. The van der Waals surface area contributed by atoms with E-state index in [9.17, 15) is 9.59 Å². The van der Waals surface area contributed by atoms with Crippen molar-refractivity contribution < 1.29 is 14.4 Å². The van der Waals surface area contributed by atoms with Crippen LogP contribution >= 0.6 is 11.6 Å². The van der Waals surface area contributed by atoms with Crippen molar-refractivity contribution in [3.8, 4) is 0 Å². The monoisotopic (exact) mass is 348 g/mol. The van der Waals surface area contributed by atoms with Crippen LogP contribution in [-0.2, 0) is 4.74 Å².